The molecule has 0 spiro atoms. The van der Waals surface area contributed by atoms with Crippen LogP contribution < -0.4 is 5.32 Å². The summed E-state index contributed by atoms with van der Waals surface area (Å²) in [7, 11) is 0. The first-order valence-electron chi connectivity index (χ1n) is 6.19. The number of benzene rings is 1. The van der Waals surface area contributed by atoms with Gasteiger partial charge in [-0.05, 0) is 29.1 Å². The van der Waals surface area contributed by atoms with Crippen LogP contribution in [0, 0.1) is 0 Å². The Balaban J connectivity index is 1.88. The molecule has 2 aromatic heterocycles. The van der Waals surface area contributed by atoms with Crippen molar-refractivity contribution in [1.29, 1.82) is 0 Å². The molecule has 0 atom stereocenters. The summed E-state index contributed by atoms with van der Waals surface area (Å²) in [6.45, 7) is 0. The van der Waals surface area contributed by atoms with E-state index in [-0.39, 0.29) is 5.91 Å². The van der Waals surface area contributed by atoms with Gasteiger partial charge in [0.2, 0.25) is 0 Å². The van der Waals surface area contributed by atoms with E-state index in [9.17, 15) is 4.79 Å². The van der Waals surface area contributed by atoms with Gasteiger partial charge in [0.25, 0.3) is 5.91 Å². The lowest BCUT2D eigenvalue weighted by molar-refractivity contribution is 0.103. The number of hydrogen-bond donors (Lipinski definition) is 1. The topological polar surface area (TPSA) is 42.0 Å². The number of rotatable bonds is 3. The minimum absolute atomic E-state index is 0.105. The van der Waals surface area contributed by atoms with E-state index >= 15 is 0 Å². The van der Waals surface area contributed by atoms with Gasteiger partial charge in [-0.3, -0.25) is 9.78 Å². The zero-order valence-electron chi connectivity index (χ0n) is 10.6. The highest BCUT2D eigenvalue weighted by atomic mass is 32.1. The number of hydrogen-bond acceptors (Lipinski definition) is 3. The molecule has 98 valence electrons. The Hall–Kier alpha value is -2.46. The largest absolute Gasteiger partial charge is 0.320 e. The van der Waals surface area contributed by atoms with Crippen LogP contribution >= 0.6 is 11.3 Å². The molecular weight excluding hydrogens is 268 g/mol. The molecule has 20 heavy (non-hydrogen) atoms. The third-order valence-corrected chi connectivity index (χ3v) is 3.79. The maximum Gasteiger partial charge on any atom is 0.266 e. The molecule has 4 heteroatoms. The second-order valence-corrected chi connectivity index (χ2v) is 5.14. The smallest absolute Gasteiger partial charge is 0.266 e. The lowest BCUT2D eigenvalue weighted by Crippen LogP contribution is -2.11. The van der Waals surface area contributed by atoms with E-state index in [1.807, 2.05) is 47.8 Å². The van der Waals surface area contributed by atoms with E-state index in [0.29, 0.717) is 10.6 Å². The number of carbonyl (C=O) groups is 1. The van der Waals surface area contributed by atoms with Crippen LogP contribution in [0.3, 0.4) is 0 Å². The number of pyridine rings is 1. The van der Waals surface area contributed by atoms with Crippen molar-refractivity contribution in [3.63, 3.8) is 0 Å². The van der Waals surface area contributed by atoms with Crippen molar-refractivity contribution in [2.75, 3.05) is 5.32 Å². The first-order valence-corrected chi connectivity index (χ1v) is 7.07. The average molecular weight is 280 g/mol. The van der Waals surface area contributed by atoms with Gasteiger partial charge < -0.3 is 5.32 Å². The van der Waals surface area contributed by atoms with Crippen molar-refractivity contribution in [2.45, 2.75) is 0 Å². The van der Waals surface area contributed by atoms with E-state index in [0.717, 1.165) is 11.1 Å². The second kappa shape index (κ2) is 5.67. The summed E-state index contributed by atoms with van der Waals surface area (Å²) in [5.74, 6) is -0.105. The van der Waals surface area contributed by atoms with Crippen molar-refractivity contribution in [2.24, 2.45) is 0 Å². The number of aromatic nitrogens is 1. The van der Waals surface area contributed by atoms with E-state index in [1.165, 1.54) is 11.3 Å². The predicted octanol–water partition coefficient (Wildman–Crippen LogP) is 4.06. The van der Waals surface area contributed by atoms with Crippen molar-refractivity contribution in [3.05, 3.63) is 71.2 Å². The second-order valence-electron chi connectivity index (χ2n) is 4.23. The molecule has 0 fully saturated rings. The molecule has 0 saturated carbocycles. The van der Waals surface area contributed by atoms with E-state index in [2.05, 4.69) is 10.3 Å². The molecule has 1 aromatic carbocycles. The Morgan fingerprint density at radius 2 is 1.90 bits per heavy atom. The van der Waals surface area contributed by atoms with Crippen LogP contribution in [0.25, 0.3) is 11.1 Å². The maximum absolute atomic E-state index is 12.3. The molecule has 3 aromatic rings. The molecule has 0 bridgehead atoms. The molecule has 2 heterocycles. The summed E-state index contributed by atoms with van der Waals surface area (Å²) in [5, 5.41) is 4.79. The van der Waals surface area contributed by atoms with Gasteiger partial charge in [0.1, 0.15) is 0 Å². The van der Waals surface area contributed by atoms with Gasteiger partial charge >= 0.3 is 0 Å². The SMILES string of the molecule is O=C(Nc1cccnc1)c1sccc1-c1ccccc1. The predicted molar refractivity (Wildman–Crippen MR) is 81.9 cm³/mol. The number of carbonyl (C=O) groups excluding carboxylic acids is 1. The Kier molecular flexibility index (Phi) is 3.56. The third kappa shape index (κ3) is 2.60. The van der Waals surface area contributed by atoms with Crippen molar-refractivity contribution in [3.8, 4) is 11.1 Å². The van der Waals surface area contributed by atoms with Crippen LogP contribution in [0.1, 0.15) is 9.67 Å². The minimum Gasteiger partial charge on any atom is -0.320 e. The van der Waals surface area contributed by atoms with Crippen LogP contribution in [0.2, 0.25) is 0 Å². The molecule has 0 aliphatic carbocycles. The highest BCUT2D eigenvalue weighted by Crippen LogP contribution is 2.28. The number of nitrogens with one attached hydrogen (secondary N) is 1. The van der Waals surface area contributed by atoms with Gasteiger partial charge in [-0.15, -0.1) is 11.3 Å². The average Bonchev–Trinajstić information content (AvgIpc) is 2.99. The van der Waals surface area contributed by atoms with Gasteiger partial charge in [0, 0.05) is 11.8 Å². The summed E-state index contributed by atoms with van der Waals surface area (Å²) in [6, 6.07) is 15.5. The first-order chi connectivity index (χ1) is 9.84. The molecule has 0 aliphatic heterocycles. The summed E-state index contributed by atoms with van der Waals surface area (Å²) in [5.41, 5.74) is 2.70. The lowest BCUT2D eigenvalue weighted by Gasteiger charge is -2.05. The number of thiophene rings is 1. The van der Waals surface area contributed by atoms with Gasteiger partial charge in [-0.25, -0.2) is 0 Å². The Bertz CT molecular complexity index is 708. The Morgan fingerprint density at radius 3 is 2.65 bits per heavy atom. The first kappa shape index (κ1) is 12.6. The monoisotopic (exact) mass is 280 g/mol. The molecule has 1 amide bonds. The van der Waals surface area contributed by atoms with Gasteiger partial charge in [0.05, 0.1) is 16.8 Å². The molecule has 0 saturated heterocycles. The zero-order valence-corrected chi connectivity index (χ0v) is 11.4. The molecular formula is C16H12N2OS. The number of anilines is 1. The van der Waals surface area contributed by atoms with Crippen molar-refractivity contribution >= 4 is 22.9 Å². The van der Waals surface area contributed by atoms with E-state index in [1.54, 1.807) is 18.5 Å². The molecule has 1 N–H and O–H groups in total. The van der Waals surface area contributed by atoms with Crippen LogP contribution in [-0.2, 0) is 0 Å². The fourth-order valence-corrected chi connectivity index (χ4v) is 2.77. The molecule has 0 radical (unpaired) electrons. The van der Waals surface area contributed by atoms with Crippen molar-refractivity contribution in [1.82, 2.24) is 4.98 Å². The molecule has 0 unspecified atom stereocenters. The molecule has 3 nitrogen and oxygen atoms in total. The summed E-state index contributed by atoms with van der Waals surface area (Å²) < 4.78 is 0. The lowest BCUT2D eigenvalue weighted by atomic mass is 10.1. The van der Waals surface area contributed by atoms with E-state index < -0.39 is 0 Å². The molecule has 0 aliphatic rings. The van der Waals surface area contributed by atoms with Crippen LogP contribution in [0.5, 0.6) is 0 Å². The minimum atomic E-state index is -0.105. The zero-order chi connectivity index (χ0) is 13.8. The van der Waals surface area contributed by atoms with Crippen LogP contribution in [0.15, 0.2) is 66.3 Å². The fourth-order valence-electron chi connectivity index (χ4n) is 1.95. The highest BCUT2D eigenvalue weighted by Gasteiger charge is 2.14. The number of amides is 1. The van der Waals surface area contributed by atoms with Gasteiger partial charge in [0.15, 0.2) is 0 Å². The van der Waals surface area contributed by atoms with Crippen LogP contribution in [0.4, 0.5) is 5.69 Å². The maximum atomic E-state index is 12.3. The highest BCUT2D eigenvalue weighted by molar-refractivity contribution is 7.12. The quantitative estimate of drug-likeness (QED) is 0.786. The third-order valence-electron chi connectivity index (χ3n) is 2.88. The Labute approximate surface area is 120 Å². The fraction of sp³-hybridized carbons (Fsp3) is 0. The van der Waals surface area contributed by atoms with E-state index in [4.69, 9.17) is 0 Å². The summed E-state index contributed by atoms with van der Waals surface area (Å²) in [4.78, 5) is 17.0. The molecule has 3 rings (SSSR count). The summed E-state index contributed by atoms with van der Waals surface area (Å²) in [6.07, 6.45) is 3.31. The van der Waals surface area contributed by atoms with Gasteiger partial charge in [-0.2, -0.15) is 0 Å². The van der Waals surface area contributed by atoms with Crippen LogP contribution in [-0.4, -0.2) is 10.9 Å². The summed E-state index contributed by atoms with van der Waals surface area (Å²) >= 11 is 1.44. The standard InChI is InChI=1S/C16H12N2OS/c19-16(18-13-7-4-9-17-11-13)15-14(8-10-20-15)12-5-2-1-3-6-12/h1-11H,(H,18,19). The van der Waals surface area contributed by atoms with Crippen molar-refractivity contribution < 1.29 is 4.79 Å². The Morgan fingerprint density at radius 1 is 1.05 bits per heavy atom. The van der Waals surface area contributed by atoms with Gasteiger partial charge in [-0.1, -0.05) is 30.3 Å². The normalized spacial score (nSPS) is 10.2. The number of nitrogens with zero attached hydrogens (tertiary/aromatic N) is 1.